The molecule has 1 saturated carbocycles. The first-order chi connectivity index (χ1) is 9.44. The summed E-state index contributed by atoms with van der Waals surface area (Å²) in [5.41, 5.74) is 0.437. The first-order valence-corrected chi connectivity index (χ1v) is 8.71. The van der Waals surface area contributed by atoms with E-state index in [9.17, 15) is 0 Å². The molecule has 1 N–H and O–H groups in total. The Morgan fingerprint density at radius 2 is 2.25 bits per heavy atom. The van der Waals surface area contributed by atoms with Crippen molar-refractivity contribution in [1.29, 1.82) is 0 Å². The van der Waals surface area contributed by atoms with Crippen LogP contribution in [-0.4, -0.2) is 18.8 Å². The second kappa shape index (κ2) is 7.06. The molecule has 1 aromatic rings. The zero-order valence-corrected chi connectivity index (χ0v) is 14.1. The van der Waals surface area contributed by atoms with E-state index in [-0.39, 0.29) is 0 Å². The van der Waals surface area contributed by atoms with E-state index in [2.05, 4.69) is 50.5 Å². The molecule has 0 bridgehead atoms. The van der Waals surface area contributed by atoms with Crippen LogP contribution >= 0.6 is 11.3 Å². The van der Waals surface area contributed by atoms with Gasteiger partial charge in [-0.25, -0.2) is 0 Å². The summed E-state index contributed by atoms with van der Waals surface area (Å²) in [4.78, 5) is 1.39. The van der Waals surface area contributed by atoms with Gasteiger partial charge in [-0.1, -0.05) is 26.8 Å². The first-order valence-electron chi connectivity index (χ1n) is 7.83. The molecule has 0 aromatic carbocycles. The summed E-state index contributed by atoms with van der Waals surface area (Å²) in [7, 11) is 0. The zero-order valence-electron chi connectivity index (χ0n) is 13.3. The van der Waals surface area contributed by atoms with Crippen LogP contribution in [0.15, 0.2) is 17.5 Å². The van der Waals surface area contributed by atoms with Crippen LogP contribution in [0.1, 0.15) is 51.8 Å². The van der Waals surface area contributed by atoms with Gasteiger partial charge in [-0.2, -0.15) is 0 Å². The van der Waals surface area contributed by atoms with Crippen molar-refractivity contribution in [2.24, 2.45) is 11.3 Å². The van der Waals surface area contributed by atoms with E-state index in [1.165, 1.54) is 24.1 Å². The Kier molecular flexibility index (Phi) is 5.65. The van der Waals surface area contributed by atoms with Crippen molar-refractivity contribution in [1.82, 2.24) is 5.32 Å². The predicted molar refractivity (Wildman–Crippen MR) is 87.2 cm³/mol. The molecule has 0 aliphatic heterocycles. The van der Waals surface area contributed by atoms with Gasteiger partial charge in [-0.3, -0.25) is 0 Å². The van der Waals surface area contributed by atoms with Crippen molar-refractivity contribution < 1.29 is 4.74 Å². The third-order valence-corrected chi connectivity index (χ3v) is 4.96. The molecule has 0 spiro atoms. The monoisotopic (exact) mass is 295 g/mol. The molecule has 2 rings (SSSR count). The molecule has 3 unspecified atom stereocenters. The molecule has 0 amide bonds. The minimum Gasteiger partial charge on any atom is -0.374 e. The van der Waals surface area contributed by atoms with Crippen molar-refractivity contribution in [3.63, 3.8) is 0 Å². The van der Waals surface area contributed by atoms with E-state index < -0.39 is 0 Å². The standard InChI is InChI=1S/C17H29NOS/c1-13-8-15(10-17(3,4)9-13)19-14(2)11-18-12-16-6-5-7-20-16/h5-7,13-15,18H,8-12H2,1-4H3. The number of nitrogens with one attached hydrogen (secondary N) is 1. The molecule has 1 aliphatic carbocycles. The average Bonchev–Trinajstić information content (AvgIpc) is 2.78. The summed E-state index contributed by atoms with van der Waals surface area (Å²) in [6.45, 7) is 11.2. The number of ether oxygens (including phenoxy) is 1. The Balaban J connectivity index is 1.69. The Morgan fingerprint density at radius 3 is 2.90 bits per heavy atom. The lowest BCUT2D eigenvalue weighted by Crippen LogP contribution is -2.37. The SMILES string of the molecule is CC1CC(OC(C)CNCc2cccs2)CC(C)(C)C1. The topological polar surface area (TPSA) is 21.3 Å². The van der Waals surface area contributed by atoms with E-state index in [0.717, 1.165) is 19.0 Å². The second-order valence-corrected chi connectivity index (χ2v) is 8.22. The molecule has 1 aromatic heterocycles. The molecule has 1 heterocycles. The first kappa shape index (κ1) is 16.0. The maximum atomic E-state index is 6.26. The number of hydrogen-bond donors (Lipinski definition) is 1. The van der Waals surface area contributed by atoms with Crippen molar-refractivity contribution in [2.75, 3.05) is 6.54 Å². The highest BCUT2D eigenvalue weighted by molar-refractivity contribution is 7.09. The van der Waals surface area contributed by atoms with Gasteiger partial charge in [-0.05, 0) is 49.0 Å². The van der Waals surface area contributed by atoms with Crippen molar-refractivity contribution in [3.8, 4) is 0 Å². The normalized spacial score (nSPS) is 27.4. The average molecular weight is 295 g/mol. The van der Waals surface area contributed by atoms with Gasteiger partial charge < -0.3 is 10.1 Å². The number of thiophene rings is 1. The number of hydrogen-bond acceptors (Lipinski definition) is 3. The smallest absolute Gasteiger partial charge is 0.0675 e. The van der Waals surface area contributed by atoms with Crippen LogP contribution in [0.3, 0.4) is 0 Å². The van der Waals surface area contributed by atoms with Crippen molar-refractivity contribution >= 4 is 11.3 Å². The summed E-state index contributed by atoms with van der Waals surface area (Å²) >= 11 is 1.81. The molecule has 2 nitrogen and oxygen atoms in total. The number of rotatable bonds is 6. The Hall–Kier alpha value is -0.380. The van der Waals surface area contributed by atoms with Crippen LogP contribution in [-0.2, 0) is 11.3 Å². The summed E-state index contributed by atoms with van der Waals surface area (Å²) in [5, 5.41) is 5.62. The van der Waals surface area contributed by atoms with E-state index in [4.69, 9.17) is 4.74 Å². The summed E-state index contributed by atoms with van der Waals surface area (Å²) < 4.78 is 6.26. The third kappa shape index (κ3) is 5.19. The fourth-order valence-corrected chi connectivity index (χ4v) is 4.23. The van der Waals surface area contributed by atoms with E-state index in [1.54, 1.807) is 11.3 Å². The third-order valence-electron chi connectivity index (χ3n) is 4.08. The van der Waals surface area contributed by atoms with Crippen LogP contribution in [0, 0.1) is 11.3 Å². The minimum atomic E-state index is 0.293. The fourth-order valence-electron chi connectivity index (χ4n) is 3.55. The fraction of sp³-hybridized carbons (Fsp3) is 0.765. The summed E-state index contributed by atoms with van der Waals surface area (Å²) in [6, 6.07) is 4.28. The van der Waals surface area contributed by atoms with Crippen LogP contribution in [0.4, 0.5) is 0 Å². The van der Waals surface area contributed by atoms with Gasteiger partial charge in [0.25, 0.3) is 0 Å². The van der Waals surface area contributed by atoms with E-state index in [1.807, 2.05) is 0 Å². The highest BCUT2D eigenvalue weighted by Gasteiger charge is 2.33. The zero-order chi connectivity index (χ0) is 14.6. The lowest BCUT2D eigenvalue weighted by molar-refractivity contribution is -0.0576. The predicted octanol–water partition coefficient (Wildman–Crippen LogP) is 4.46. The highest BCUT2D eigenvalue weighted by atomic mass is 32.1. The van der Waals surface area contributed by atoms with Gasteiger partial charge in [0.05, 0.1) is 12.2 Å². The van der Waals surface area contributed by atoms with Crippen molar-refractivity contribution in [3.05, 3.63) is 22.4 Å². The van der Waals surface area contributed by atoms with Crippen LogP contribution in [0.25, 0.3) is 0 Å². The molecular weight excluding hydrogens is 266 g/mol. The highest BCUT2D eigenvalue weighted by Crippen LogP contribution is 2.39. The van der Waals surface area contributed by atoms with E-state index >= 15 is 0 Å². The van der Waals surface area contributed by atoms with E-state index in [0.29, 0.717) is 17.6 Å². The quantitative estimate of drug-likeness (QED) is 0.836. The maximum Gasteiger partial charge on any atom is 0.0675 e. The molecule has 3 heteroatoms. The molecule has 114 valence electrons. The van der Waals surface area contributed by atoms with Gasteiger partial charge >= 0.3 is 0 Å². The molecule has 20 heavy (non-hydrogen) atoms. The van der Waals surface area contributed by atoms with Gasteiger partial charge in [0, 0.05) is 18.0 Å². The molecule has 1 aliphatic rings. The van der Waals surface area contributed by atoms with Crippen LogP contribution < -0.4 is 5.32 Å². The molecular formula is C17H29NOS. The Morgan fingerprint density at radius 1 is 1.45 bits per heavy atom. The van der Waals surface area contributed by atoms with Gasteiger partial charge in [0.1, 0.15) is 0 Å². The largest absolute Gasteiger partial charge is 0.374 e. The molecule has 1 fully saturated rings. The maximum absolute atomic E-state index is 6.26. The summed E-state index contributed by atoms with van der Waals surface area (Å²) in [5.74, 6) is 0.787. The molecule has 0 saturated heterocycles. The second-order valence-electron chi connectivity index (χ2n) is 7.19. The van der Waals surface area contributed by atoms with Crippen molar-refractivity contribution in [2.45, 2.75) is 65.7 Å². The molecule has 0 radical (unpaired) electrons. The Bertz CT molecular complexity index is 388. The van der Waals surface area contributed by atoms with Crippen LogP contribution in [0.5, 0.6) is 0 Å². The lowest BCUT2D eigenvalue weighted by atomic mass is 9.71. The minimum absolute atomic E-state index is 0.293. The van der Waals surface area contributed by atoms with Gasteiger partial charge in [0.2, 0.25) is 0 Å². The van der Waals surface area contributed by atoms with Gasteiger partial charge in [0.15, 0.2) is 0 Å². The van der Waals surface area contributed by atoms with Crippen LogP contribution in [0.2, 0.25) is 0 Å². The summed E-state index contributed by atoms with van der Waals surface area (Å²) in [6.07, 6.45) is 4.48. The Labute approximate surface area is 127 Å². The lowest BCUT2D eigenvalue weighted by Gasteiger charge is -2.39. The molecule has 3 atom stereocenters. The van der Waals surface area contributed by atoms with Gasteiger partial charge in [-0.15, -0.1) is 11.3 Å².